The fourth-order valence-electron chi connectivity index (χ4n) is 3.54. The molecule has 0 saturated heterocycles. The molecule has 0 bridgehead atoms. The molecule has 0 unspecified atom stereocenters. The Bertz CT molecular complexity index is 1350. The molecular weight excluding hydrogens is 468 g/mol. The van der Waals surface area contributed by atoms with E-state index >= 15 is 0 Å². The molecular formula is C26H16N2O8. The topological polar surface area (TPSA) is 175 Å². The van der Waals surface area contributed by atoms with Crippen LogP contribution in [-0.2, 0) is 0 Å². The Kier molecular flexibility index (Phi) is 6.25. The third-order valence-corrected chi connectivity index (χ3v) is 5.33. The number of carboxylic acid groups (broad SMARTS) is 4. The number of hydrogen-bond donors (Lipinski definition) is 4. The first-order valence-corrected chi connectivity index (χ1v) is 10.3. The van der Waals surface area contributed by atoms with Crippen molar-refractivity contribution in [3.8, 4) is 33.6 Å². The maximum absolute atomic E-state index is 11.4. The lowest BCUT2D eigenvalue weighted by molar-refractivity contribution is 0.0676. The van der Waals surface area contributed by atoms with Gasteiger partial charge in [0.2, 0.25) is 0 Å². The van der Waals surface area contributed by atoms with Gasteiger partial charge in [-0.3, -0.25) is 0 Å². The summed E-state index contributed by atoms with van der Waals surface area (Å²) >= 11 is 0. The van der Waals surface area contributed by atoms with Crippen LogP contribution in [-0.4, -0.2) is 54.5 Å². The van der Waals surface area contributed by atoms with E-state index in [4.69, 9.17) is 0 Å². The van der Waals surface area contributed by atoms with E-state index in [-0.39, 0.29) is 33.5 Å². The van der Waals surface area contributed by atoms with E-state index in [1.165, 1.54) is 24.3 Å². The second-order valence-electron chi connectivity index (χ2n) is 7.70. The van der Waals surface area contributed by atoms with Gasteiger partial charge in [-0.25, -0.2) is 19.2 Å². The minimum Gasteiger partial charge on any atom is -0.478 e. The van der Waals surface area contributed by atoms with Crippen molar-refractivity contribution in [3.05, 3.63) is 95.1 Å². The average Bonchev–Trinajstić information content (AvgIpc) is 2.88. The molecule has 0 spiro atoms. The van der Waals surface area contributed by atoms with Crippen molar-refractivity contribution < 1.29 is 39.6 Å². The molecule has 0 radical (unpaired) electrons. The van der Waals surface area contributed by atoms with Crippen molar-refractivity contribution in [2.24, 2.45) is 0 Å². The first-order chi connectivity index (χ1) is 17.1. The number of aromatic carboxylic acids is 4. The second kappa shape index (κ2) is 9.47. The summed E-state index contributed by atoms with van der Waals surface area (Å²) in [6.45, 7) is 0. The maximum Gasteiger partial charge on any atom is 0.335 e. The molecule has 10 heteroatoms. The maximum atomic E-state index is 11.4. The van der Waals surface area contributed by atoms with Crippen molar-refractivity contribution in [1.82, 2.24) is 10.2 Å². The van der Waals surface area contributed by atoms with Crippen molar-refractivity contribution in [1.29, 1.82) is 0 Å². The summed E-state index contributed by atoms with van der Waals surface area (Å²) in [6.07, 6.45) is 0. The zero-order valence-electron chi connectivity index (χ0n) is 18.2. The molecule has 1 heterocycles. The highest BCUT2D eigenvalue weighted by molar-refractivity contribution is 5.97. The molecule has 0 fully saturated rings. The van der Waals surface area contributed by atoms with Gasteiger partial charge in [0.25, 0.3) is 0 Å². The van der Waals surface area contributed by atoms with E-state index in [9.17, 15) is 39.6 Å². The van der Waals surface area contributed by atoms with Crippen molar-refractivity contribution in [2.75, 3.05) is 0 Å². The largest absolute Gasteiger partial charge is 0.478 e. The van der Waals surface area contributed by atoms with Gasteiger partial charge in [0.05, 0.1) is 33.6 Å². The van der Waals surface area contributed by atoms with Crippen molar-refractivity contribution in [3.63, 3.8) is 0 Å². The summed E-state index contributed by atoms with van der Waals surface area (Å²) in [6, 6.07) is 17.5. The Labute approximate surface area is 202 Å². The van der Waals surface area contributed by atoms with E-state index in [2.05, 4.69) is 10.2 Å². The van der Waals surface area contributed by atoms with Gasteiger partial charge in [0.1, 0.15) is 0 Å². The minimum absolute atomic E-state index is 0.145. The van der Waals surface area contributed by atoms with E-state index in [0.29, 0.717) is 22.4 Å². The van der Waals surface area contributed by atoms with Crippen LogP contribution in [0.3, 0.4) is 0 Å². The van der Waals surface area contributed by atoms with Crippen LogP contribution in [0.2, 0.25) is 0 Å². The molecule has 4 N–H and O–H groups in total. The number of hydrogen-bond acceptors (Lipinski definition) is 6. The predicted octanol–water partition coefficient (Wildman–Crippen LogP) is 4.27. The lowest BCUT2D eigenvalue weighted by Crippen LogP contribution is -2.03. The van der Waals surface area contributed by atoms with Crippen LogP contribution < -0.4 is 0 Å². The Morgan fingerprint density at radius 1 is 0.417 bits per heavy atom. The van der Waals surface area contributed by atoms with Crippen LogP contribution in [0.4, 0.5) is 0 Å². The highest BCUT2D eigenvalue weighted by Gasteiger charge is 2.15. The molecule has 3 aromatic carbocycles. The zero-order valence-corrected chi connectivity index (χ0v) is 18.2. The quantitative estimate of drug-likeness (QED) is 0.296. The zero-order chi connectivity index (χ0) is 26.0. The van der Waals surface area contributed by atoms with Crippen LogP contribution >= 0.6 is 0 Å². The molecule has 36 heavy (non-hydrogen) atoms. The molecule has 0 saturated carbocycles. The van der Waals surface area contributed by atoms with Crippen LogP contribution in [0.5, 0.6) is 0 Å². The van der Waals surface area contributed by atoms with Crippen molar-refractivity contribution in [2.45, 2.75) is 0 Å². The Morgan fingerprint density at radius 3 is 1.11 bits per heavy atom. The number of carboxylic acids is 4. The third kappa shape index (κ3) is 4.92. The average molecular weight is 484 g/mol. The van der Waals surface area contributed by atoms with Crippen molar-refractivity contribution >= 4 is 23.9 Å². The van der Waals surface area contributed by atoms with Gasteiger partial charge < -0.3 is 20.4 Å². The number of aromatic nitrogens is 2. The molecule has 0 aliphatic rings. The summed E-state index contributed by atoms with van der Waals surface area (Å²) in [7, 11) is 0. The number of nitrogens with zero attached hydrogens (tertiary/aromatic N) is 2. The molecule has 4 rings (SSSR count). The summed E-state index contributed by atoms with van der Waals surface area (Å²) in [5, 5.41) is 45.3. The lowest BCUT2D eigenvalue weighted by atomic mass is 9.98. The molecule has 0 aliphatic carbocycles. The summed E-state index contributed by atoms with van der Waals surface area (Å²) in [5.74, 6) is -5.02. The van der Waals surface area contributed by atoms with Gasteiger partial charge in [0.15, 0.2) is 0 Å². The summed E-state index contributed by atoms with van der Waals surface area (Å²) < 4.78 is 0. The smallest absolute Gasteiger partial charge is 0.335 e. The number of rotatable bonds is 7. The molecule has 178 valence electrons. The van der Waals surface area contributed by atoms with Gasteiger partial charge in [-0.05, 0) is 59.7 Å². The normalized spacial score (nSPS) is 10.6. The van der Waals surface area contributed by atoms with Crippen LogP contribution in [0, 0.1) is 0 Å². The highest BCUT2D eigenvalue weighted by atomic mass is 16.4. The Hall–Kier alpha value is -5.38. The summed E-state index contributed by atoms with van der Waals surface area (Å²) in [4.78, 5) is 45.4. The third-order valence-electron chi connectivity index (χ3n) is 5.33. The molecule has 0 amide bonds. The Morgan fingerprint density at radius 2 is 0.750 bits per heavy atom. The second-order valence-corrected chi connectivity index (χ2v) is 7.70. The monoisotopic (exact) mass is 484 g/mol. The molecule has 10 nitrogen and oxygen atoms in total. The van der Waals surface area contributed by atoms with Crippen LogP contribution in [0.15, 0.2) is 72.8 Å². The first-order valence-electron chi connectivity index (χ1n) is 10.3. The molecule has 1 aromatic heterocycles. The standard InChI is InChI=1S/C26H16N2O8/c29-23(30)17-7-15(8-18(11-17)24(31)32)13-1-3-14(4-2-13)21-5-6-22(28-27-21)16-9-19(25(33)34)12-20(10-16)26(35)36/h1-12H,(H,29,30)(H,31,32)(H,33,34)(H,35,36). The number of benzene rings is 3. The Balaban J connectivity index is 1.64. The van der Waals surface area contributed by atoms with Crippen LogP contribution in [0.25, 0.3) is 33.6 Å². The van der Waals surface area contributed by atoms with E-state index in [0.717, 1.165) is 12.1 Å². The predicted molar refractivity (Wildman–Crippen MR) is 126 cm³/mol. The molecule has 4 aromatic rings. The molecule has 0 aliphatic heterocycles. The van der Waals surface area contributed by atoms with E-state index in [1.807, 2.05) is 0 Å². The van der Waals surface area contributed by atoms with Crippen LogP contribution in [0.1, 0.15) is 41.4 Å². The fourth-order valence-corrected chi connectivity index (χ4v) is 3.54. The van der Waals surface area contributed by atoms with Gasteiger partial charge in [-0.2, -0.15) is 0 Å². The highest BCUT2D eigenvalue weighted by Crippen LogP contribution is 2.27. The van der Waals surface area contributed by atoms with Gasteiger partial charge in [-0.15, -0.1) is 10.2 Å². The van der Waals surface area contributed by atoms with Gasteiger partial charge >= 0.3 is 23.9 Å². The SMILES string of the molecule is O=C(O)c1cc(C(=O)O)cc(-c2ccc(-c3ccc(-c4cc(C(=O)O)cc(C(=O)O)c4)nn3)cc2)c1. The van der Waals surface area contributed by atoms with Gasteiger partial charge in [-0.1, -0.05) is 24.3 Å². The van der Waals surface area contributed by atoms with E-state index < -0.39 is 23.9 Å². The lowest BCUT2D eigenvalue weighted by Gasteiger charge is -2.08. The number of carbonyl (C=O) groups is 4. The minimum atomic E-state index is -1.27. The summed E-state index contributed by atoms with van der Waals surface area (Å²) in [5.41, 5.74) is 2.06. The van der Waals surface area contributed by atoms with E-state index in [1.54, 1.807) is 36.4 Å². The first kappa shape index (κ1) is 23.8. The van der Waals surface area contributed by atoms with Gasteiger partial charge in [0, 0.05) is 11.1 Å². The fraction of sp³-hybridized carbons (Fsp3) is 0. The molecule has 0 atom stereocenters.